The van der Waals surface area contributed by atoms with Gasteiger partial charge in [0.05, 0.1) is 22.0 Å². The molecule has 0 saturated carbocycles. The molecule has 150 valence electrons. The van der Waals surface area contributed by atoms with E-state index in [9.17, 15) is 10.1 Å². The summed E-state index contributed by atoms with van der Waals surface area (Å²) in [5.41, 5.74) is 5.81. The highest BCUT2D eigenvalue weighted by Crippen LogP contribution is 2.29. The van der Waals surface area contributed by atoms with Gasteiger partial charge in [-0.1, -0.05) is 54.1 Å². The number of halogens is 1. The molecule has 0 bridgehead atoms. The van der Waals surface area contributed by atoms with Crippen molar-refractivity contribution >= 4 is 22.9 Å². The summed E-state index contributed by atoms with van der Waals surface area (Å²) < 4.78 is 1.81. The minimum atomic E-state index is -0.412. The lowest BCUT2D eigenvalue weighted by atomic mass is 10.1. The zero-order chi connectivity index (χ0) is 21.4. The fraction of sp³-hybridized carbons (Fsp3) is 0. The summed E-state index contributed by atoms with van der Waals surface area (Å²) in [5, 5.41) is 16.4. The highest BCUT2D eigenvalue weighted by molar-refractivity contribution is 6.30. The van der Waals surface area contributed by atoms with Crippen LogP contribution in [0.4, 0.5) is 5.69 Å². The van der Waals surface area contributed by atoms with Crippen molar-refractivity contribution in [2.45, 2.75) is 0 Å². The first-order valence-corrected chi connectivity index (χ1v) is 9.93. The molecule has 0 aliphatic carbocycles. The van der Waals surface area contributed by atoms with E-state index < -0.39 is 4.92 Å². The lowest BCUT2D eigenvalue weighted by Gasteiger charge is -2.08. The Kier molecular flexibility index (Phi) is 4.69. The smallest absolute Gasteiger partial charge is 0.258 e. The van der Waals surface area contributed by atoms with Crippen LogP contribution in [0.2, 0.25) is 5.02 Å². The molecule has 5 aromatic rings. The van der Waals surface area contributed by atoms with Crippen molar-refractivity contribution < 1.29 is 4.92 Å². The minimum Gasteiger partial charge on any atom is -0.258 e. The third-order valence-electron chi connectivity index (χ3n) is 5.01. The Morgan fingerprint density at radius 2 is 1.42 bits per heavy atom. The van der Waals surface area contributed by atoms with Gasteiger partial charge in [-0.15, -0.1) is 0 Å². The molecule has 2 aromatic heterocycles. The molecule has 0 fully saturated rings. The molecular formula is C24H15ClN4O2. The number of aromatic nitrogens is 3. The third-order valence-corrected chi connectivity index (χ3v) is 5.26. The molecule has 5 rings (SSSR count). The first-order valence-electron chi connectivity index (χ1n) is 9.55. The maximum absolute atomic E-state index is 11.0. The predicted molar refractivity (Wildman–Crippen MR) is 121 cm³/mol. The largest absolute Gasteiger partial charge is 0.269 e. The van der Waals surface area contributed by atoms with Gasteiger partial charge in [0.1, 0.15) is 0 Å². The van der Waals surface area contributed by atoms with Crippen LogP contribution in [0.5, 0.6) is 0 Å². The fourth-order valence-electron chi connectivity index (χ4n) is 3.45. The Balaban J connectivity index is 1.70. The molecule has 0 unspecified atom stereocenters. The van der Waals surface area contributed by atoms with E-state index in [2.05, 4.69) is 0 Å². The fourth-order valence-corrected chi connectivity index (χ4v) is 3.58. The standard InChI is InChI=1S/C24H15ClN4O2/c25-19-10-6-17(7-11-19)22-15-24-26-21(16-8-12-20(13-9-16)29(30)31)14-23(28(24)27-22)18-4-2-1-3-5-18/h1-15H. The highest BCUT2D eigenvalue weighted by atomic mass is 35.5. The van der Waals surface area contributed by atoms with Crippen LogP contribution in [-0.4, -0.2) is 19.5 Å². The van der Waals surface area contributed by atoms with Crippen LogP contribution in [0, 0.1) is 10.1 Å². The summed E-state index contributed by atoms with van der Waals surface area (Å²) in [4.78, 5) is 15.4. The third kappa shape index (κ3) is 3.65. The molecule has 0 aliphatic rings. The normalized spacial score (nSPS) is 11.0. The summed E-state index contributed by atoms with van der Waals surface area (Å²) >= 11 is 6.02. The average Bonchev–Trinajstić information content (AvgIpc) is 3.24. The van der Waals surface area contributed by atoms with E-state index in [1.54, 1.807) is 12.1 Å². The summed E-state index contributed by atoms with van der Waals surface area (Å²) in [6.07, 6.45) is 0. The minimum absolute atomic E-state index is 0.0440. The van der Waals surface area contributed by atoms with E-state index in [1.807, 2.05) is 71.2 Å². The van der Waals surface area contributed by atoms with Gasteiger partial charge in [-0.05, 0) is 30.3 Å². The van der Waals surface area contributed by atoms with E-state index >= 15 is 0 Å². The number of hydrogen-bond donors (Lipinski definition) is 0. The van der Waals surface area contributed by atoms with Crippen molar-refractivity contribution in [1.82, 2.24) is 14.6 Å². The van der Waals surface area contributed by atoms with E-state index in [1.165, 1.54) is 12.1 Å². The number of non-ortho nitro benzene ring substituents is 1. The van der Waals surface area contributed by atoms with Crippen molar-refractivity contribution in [3.63, 3.8) is 0 Å². The Morgan fingerprint density at radius 3 is 2.10 bits per heavy atom. The molecule has 0 atom stereocenters. The lowest BCUT2D eigenvalue weighted by Crippen LogP contribution is -1.98. The van der Waals surface area contributed by atoms with Crippen LogP contribution in [0.1, 0.15) is 0 Å². The maximum Gasteiger partial charge on any atom is 0.269 e. The molecule has 0 radical (unpaired) electrons. The molecular weight excluding hydrogens is 412 g/mol. The number of nitro benzene ring substituents is 1. The van der Waals surface area contributed by atoms with Gasteiger partial charge in [0, 0.05) is 39.9 Å². The van der Waals surface area contributed by atoms with Crippen LogP contribution >= 0.6 is 11.6 Å². The second-order valence-electron chi connectivity index (χ2n) is 7.00. The number of fused-ring (bicyclic) bond motifs is 1. The Labute approximate surface area is 182 Å². The van der Waals surface area contributed by atoms with Crippen LogP contribution in [0.15, 0.2) is 91.0 Å². The SMILES string of the molecule is O=[N+]([O-])c1ccc(-c2cc(-c3ccccc3)n3nc(-c4ccc(Cl)cc4)cc3n2)cc1. The van der Waals surface area contributed by atoms with Crippen molar-refractivity contribution in [1.29, 1.82) is 0 Å². The molecule has 7 heteroatoms. The van der Waals surface area contributed by atoms with Gasteiger partial charge in [0.2, 0.25) is 0 Å². The molecule has 0 spiro atoms. The number of nitro groups is 1. The Bertz CT molecular complexity index is 1400. The first kappa shape index (κ1) is 19.0. The van der Waals surface area contributed by atoms with E-state index in [0.29, 0.717) is 16.4 Å². The Hall–Kier alpha value is -4.03. The van der Waals surface area contributed by atoms with Gasteiger partial charge in [-0.2, -0.15) is 5.10 Å². The molecule has 31 heavy (non-hydrogen) atoms. The van der Waals surface area contributed by atoms with Gasteiger partial charge in [-0.25, -0.2) is 9.50 Å². The zero-order valence-corrected chi connectivity index (χ0v) is 16.9. The van der Waals surface area contributed by atoms with Gasteiger partial charge < -0.3 is 0 Å². The molecule has 0 saturated heterocycles. The van der Waals surface area contributed by atoms with Gasteiger partial charge >= 0.3 is 0 Å². The van der Waals surface area contributed by atoms with Crippen molar-refractivity contribution in [2.75, 3.05) is 0 Å². The highest BCUT2D eigenvalue weighted by Gasteiger charge is 2.14. The van der Waals surface area contributed by atoms with Crippen molar-refractivity contribution in [3.05, 3.63) is 106 Å². The van der Waals surface area contributed by atoms with E-state index in [4.69, 9.17) is 21.7 Å². The van der Waals surface area contributed by atoms with E-state index in [0.717, 1.165) is 28.1 Å². The lowest BCUT2D eigenvalue weighted by molar-refractivity contribution is -0.384. The number of nitrogens with zero attached hydrogens (tertiary/aromatic N) is 4. The predicted octanol–water partition coefficient (Wildman–Crippen LogP) is 6.29. The monoisotopic (exact) mass is 426 g/mol. The second-order valence-corrected chi connectivity index (χ2v) is 7.44. The molecule has 0 amide bonds. The van der Waals surface area contributed by atoms with Crippen LogP contribution in [0.25, 0.3) is 39.4 Å². The van der Waals surface area contributed by atoms with Crippen LogP contribution in [0.3, 0.4) is 0 Å². The van der Waals surface area contributed by atoms with Crippen molar-refractivity contribution in [3.8, 4) is 33.8 Å². The Morgan fingerprint density at radius 1 is 0.774 bits per heavy atom. The summed E-state index contributed by atoms with van der Waals surface area (Å²) in [7, 11) is 0. The molecule has 6 nitrogen and oxygen atoms in total. The maximum atomic E-state index is 11.0. The second kappa shape index (κ2) is 7.66. The summed E-state index contributed by atoms with van der Waals surface area (Å²) in [6, 6.07) is 27.7. The van der Waals surface area contributed by atoms with E-state index in [-0.39, 0.29) is 5.69 Å². The quantitative estimate of drug-likeness (QED) is 0.250. The molecule has 0 N–H and O–H groups in total. The molecule has 0 aliphatic heterocycles. The molecule has 3 aromatic carbocycles. The number of benzene rings is 3. The van der Waals surface area contributed by atoms with Crippen molar-refractivity contribution in [2.24, 2.45) is 0 Å². The summed E-state index contributed by atoms with van der Waals surface area (Å²) in [5.74, 6) is 0. The van der Waals surface area contributed by atoms with Crippen LogP contribution in [-0.2, 0) is 0 Å². The topological polar surface area (TPSA) is 73.3 Å². The van der Waals surface area contributed by atoms with Gasteiger partial charge in [0.25, 0.3) is 5.69 Å². The number of rotatable bonds is 4. The average molecular weight is 427 g/mol. The summed E-state index contributed by atoms with van der Waals surface area (Å²) in [6.45, 7) is 0. The van der Waals surface area contributed by atoms with Gasteiger partial charge in [-0.3, -0.25) is 10.1 Å². The molecule has 2 heterocycles. The zero-order valence-electron chi connectivity index (χ0n) is 16.1. The first-order chi connectivity index (χ1) is 15.1. The number of hydrogen-bond acceptors (Lipinski definition) is 4. The van der Waals surface area contributed by atoms with Gasteiger partial charge in [0.15, 0.2) is 5.65 Å². The van der Waals surface area contributed by atoms with Crippen LogP contribution < -0.4 is 0 Å².